The number of aryl methyl sites for hydroxylation is 1. The molecule has 0 aliphatic carbocycles. The normalized spacial score (nSPS) is 10.5. The predicted octanol–water partition coefficient (Wildman–Crippen LogP) is 3.09. The molecule has 0 amide bonds. The lowest BCUT2D eigenvalue weighted by molar-refractivity contribution is 0.111. The van der Waals surface area contributed by atoms with Crippen LogP contribution in [0.2, 0.25) is 0 Å². The number of hydrogen-bond donors (Lipinski definition) is 0. The summed E-state index contributed by atoms with van der Waals surface area (Å²) >= 11 is 0. The van der Waals surface area contributed by atoms with Crippen LogP contribution < -0.4 is 0 Å². The summed E-state index contributed by atoms with van der Waals surface area (Å²) in [5.41, 5.74) is 1.85. The average molecular weight is 242 g/mol. The molecule has 0 saturated heterocycles. The second kappa shape index (κ2) is 6.15. The molecule has 3 nitrogen and oxygen atoms in total. The maximum atomic E-state index is 11.0. The maximum Gasteiger partial charge on any atom is 0.168 e. The van der Waals surface area contributed by atoms with E-state index in [4.69, 9.17) is 0 Å². The Balaban J connectivity index is 2.24. The van der Waals surface area contributed by atoms with Gasteiger partial charge in [0, 0.05) is 13.0 Å². The molecule has 0 spiro atoms. The van der Waals surface area contributed by atoms with Crippen LogP contribution >= 0.6 is 0 Å². The van der Waals surface area contributed by atoms with E-state index in [0.717, 1.165) is 31.4 Å². The van der Waals surface area contributed by atoms with E-state index in [9.17, 15) is 4.79 Å². The Hall–Kier alpha value is -1.90. The summed E-state index contributed by atoms with van der Waals surface area (Å²) < 4.78 is 2.01. The van der Waals surface area contributed by atoms with Gasteiger partial charge in [0.25, 0.3) is 0 Å². The van der Waals surface area contributed by atoms with Crippen molar-refractivity contribution in [1.29, 1.82) is 0 Å². The van der Waals surface area contributed by atoms with Crippen LogP contribution in [0.4, 0.5) is 0 Å². The first-order valence-electron chi connectivity index (χ1n) is 6.38. The molecule has 2 rings (SSSR count). The van der Waals surface area contributed by atoms with Gasteiger partial charge in [-0.1, -0.05) is 43.7 Å². The Morgan fingerprint density at radius 2 is 2.06 bits per heavy atom. The minimum absolute atomic E-state index is 0.657. The number of carbonyl (C=O) groups excluding carboxylic acids is 1. The molecule has 1 heterocycles. The number of benzene rings is 1. The Morgan fingerprint density at radius 1 is 1.28 bits per heavy atom. The molecule has 1 aromatic carbocycles. The third-order valence-electron chi connectivity index (χ3n) is 3.03. The first-order valence-corrected chi connectivity index (χ1v) is 6.38. The second-order valence-corrected chi connectivity index (χ2v) is 4.39. The zero-order chi connectivity index (χ0) is 12.8. The summed E-state index contributed by atoms with van der Waals surface area (Å²) in [6.45, 7) is 2.87. The van der Waals surface area contributed by atoms with Crippen LogP contribution in [0.5, 0.6) is 0 Å². The maximum absolute atomic E-state index is 11.0. The van der Waals surface area contributed by atoms with E-state index in [0.29, 0.717) is 12.2 Å². The van der Waals surface area contributed by atoms with Gasteiger partial charge in [-0.15, -0.1) is 0 Å². The Labute approximate surface area is 107 Å². The summed E-state index contributed by atoms with van der Waals surface area (Å²) in [5, 5.41) is 0. The molecule has 2 aromatic rings. The third-order valence-corrected chi connectivity index (χ3v) is 3.03. The monoisotopic (exact) mass is 242 g/mol. The molecular weight excluding hydrogens is 224 g/mol. The zero-order valence-electron chi connectivity index (χ0n) is 10.7. The van der Waals surface area contributed by atoms with Gasteiger partial charge < -0.3 is 4.57 Å². The highest BCUT2D eigenvalue weighted by molar-refractivity contribution is 5.71. The van der Waals surface area contributed by atoms with Gasteiger partial charge in [-0.25, -0.2) is 4.98 Å². The topological polar surface area (TPSA) is 34.9 Å². The summed E-state index contributed by atoms with van der Waals surface area (Å²) in [6.07, 6.45) is 5.71. The van der Waals surface area contributed by atoms with Crippen molar-refractivity contribution in [1.82, 2.24) is 9.55 Å². The fourth-order valence-corrected chi connectivity index (χ4v) is 2.01. The van der Waals surface area contributed by atoms with E-state index in [1.54, 1.807) is 6.20 Å². The van der Waals surface area contributed by atoms with Gasteiger partial charge in [0.15, 0.2) is 6.29 Å². The van der Waals surface area contributed by atoms with Crippen molar-refractivity contribution in [2.45, 2.75) is 32.7 Å². The van der Waals surface area contributed by atoms with Gasteiger partial charge in [0.2, 0.25) is 0 Å². The second-order valence-electron chi connectivity index (χ2n) is 4.39. The summed E-state index contributed by atoms with van der Waals surface area (Å²) in [6, 6.07) is 10.2. The van der Waals surface area contributed by atoms with Crippen LogP contribution in [-0.2, 0) is 13.0 Å². The molecule has 0 unspecified atom stereocenters. The van der Waals surface area contributed by atoms with E-state index in [-0.39, 0.29) is 0 Å². The molecular formula is C15H18N2O. The number of unbranched alkanes of at least 4 members (excludes halogenated alkanes) is 1. The van der Waals surface area contributed by atoms with Crippen LogP contribution in [0, 0.1) is 0 Å². The largest absolute Gasteiger partial charge is 0.321 e. The number of aldehydes is 1. The van der Waals surface area contributed by atoms with Gasteiger partial charge in [-0.05, 0) is 12.0 Å². The van der Waals surface area contributed by atoms with Crippen LogP contribution in [0.15, 0.2) is 36.5 Å². The first-order chi connectivity index (χ1) is 8.85. The van der Waals surface area contributed by atoms with Gasteiger partial charge >= 0.3 is 0 Å². The van der Waals surface area contributed by atoms with Gasteiger partial charge in [-0.3, -0.25) is 4.79 Å². The smallest absolute Gasteiger partial charge is 0.168 e. The SMILES string of the molecule is CCCCc1ncc(C=O)n1Cc1ccccc1. The molecule has 18 heavy (non-hydrogen) atoms. The molecule has 0 radical (unpaired) electrons. The van der Waals surface area contributed by atoms with Crippen molar-refractivity contribution in [3.63, 3.8) is 0 Å². The minimum Gasteiger partial charge on any atom is -0.321 e. The van der Waals surface area contributed by atoms with Crippen molar-refractivity contribution in [3.05, 3.63) is 53.6 Å². The highest BCUT2D eigenvalue weighted by Gasteiger charge is 2.09. The van der Waals surface area contributed by atoms with Crippen molar-refractivity contribution in [3.8, 4) is 0 Å². The lowest BCUT2D eigenvalue weighted by Crippen LogP contribution is -2.08. The van der Waals surface area contributed by atoms with Gasteiger partial charge in [0.1, 0.15) is 11.5 Å². The Kier molecular flexibility index (Phi) is 4.29. The molecule has 0 N–H and O–H groups in total. The number of rotatable bonds is 6. The van der Waals surface area contributed by atoms with Crippen LogP contribution in [0.3, 0.4) is 0 Å². The van der Waals surface area contributed by atoms with Gasteiger partial charge in [0.05, 0.1) is 6.20 Å². The van der Waals surface area contributed by atoms with Crippen molar-refractivity contribution >= 4 is 6.29 Å². The van der Waals surface area contributed by atoms with E-state index in [1.807, 2.05) is 22.8 Å². The van der Waals surface area contributed by atoms with Crippen molar-refractivity contribution < 1.29 is 4.79 Å². The third kappa shape index (κ3) is 2.86. The molecule has 0 fully saturated rings. The lowest BCUT2D eigenvalue weighted by Gasteiger charge is -2.09. The Morgan fingerprint density at radius 3 is 2.72 bits per heavy atom. The molecule has 1 aromatic heterocycles. The molecule has 0 aliphatic rings. The van der Waals surface area contributed by atoms with Crippen LogP contribution in [0.25, 0.3) is 0 Å². The molecule has 0 aliphatic heterocycles. The standard InChI is InChI=1S/C15H18N2O/c1-2-3-9-15-16-10-14(12-18)17(15)11-13-7-5-4-6-8-13/h4-8,10,12H,2-3,9,11H2,1H3. The van der Waals surface area contributed by atoms with E-state index in [1.165, 1.54) is 5.56 Å². The van der Waals surface area contributed by atoms with Crippen molar-refractivity contribution in [2.75, 3.05) is 0 Å². The van der Waals surface area contributed by atoms with Crippen molar-refractivity contribution in [2.24, 2.45) is 0 Å². The average Bonchev–Trinajstić information content (AvgIpc) is 2.80. The van der Waals surface area contributed by atoms with Crippen LogP contribution in [0.1, 0.15) is 41.6 Å². The minimum atomic E-state index is 0.657. The molecule has 94 valence electrons. The fourth-order valence-electron chi connectivity index (χ4n) is 2.01. The van der Waals surface area contributed by atoms with E-state index < -0.39 is 0 Å². The Bertz CT molecular complexity index is 502. The fraction of sp³-hybridized carbons (Fsp3) is 0.333. The number of imidazole rings is 1. The molecule has 0 saturated carbocycles. The predicted molar refractivity (Wildman–Crippen MR) is 71.8 cm³/mol. The number of aromatic nitrogens is 2. The quantitative estimate of drug-likeness (QED) is 0.730. The number of hydrogen-bond acceptors (Lipinski definition) is 2. The van der Waals surface area contributed by atoms with E-state index in [2.05, 4.69) is 24.0 Å². The zero-order valence-corrected chi connectivity index (χ0v) is 10.7. The van der Waals surface area contributed by atoms with Gasteiger partial charge in [-0.2, -0.15) is 0 Å². The molecule has 3 heteroatoms. The lowest BCUT2D eigenvalue weighted by atomic mass is 10.2. The first kappa shape index (κ1) is 12.6. The molecule has 0 atom stereocenters. The highest BCUT2D eigenvalue weighted by atomic mass is 16.1. The summed E-state index contributed by atoms with van der Waals surface area (Å²) in [7, 11) is 0. The summed E-state index contributed by atoms with van der Waals surface area (Å²) in [5.74, 6) is 1.00. The molecule has 0 bridgehead atoms. The number of carbonyl (C=O) groups is 1. The van der Waals surface area contributed by atoms with E-state index >= 15 is 0 Å². The van der Waals surface area contributed by atoms with Crippen LogP contribution in [-0.4, -0.2) is 15.8 Å². The number of nitrogens with zero attached hydrogens (tertiary/aromatic N) is 2. The summed E-state index contributed by atoms with van der Waals surface area (Å²) in [4.78, 5) is 15.4. The highest BCUT2D eigenvalue weighted by Crippen LogP contribution is 2.11.